The van der Waals surface area contributed by atoms with Gasteiger partial charge < -0.3 is 19.4 Å². The molecule has 1 amide bonds. The quantitative estimate of drug-likeness (QED) is 0.893. The first-order valence-corrected chi connectivity index (χ1v) is 8.70. The standard InChI is InChI=1S/C18H22N4O3/c23-18(15-9-20-12-21-15)22-6-7-25-17-14(3-4-16(17)22)11-24-10-13-2-1-5-19-8-13/h1-2,5,8-9,12,14,16-17H,3-4,6-7,10-11H2,(H,20,21)/t14-,16-,17+/m0/s1. The van der Waals surface area contributed by atoms with Gasteiger partial charge in [0.15, 0.2) is 0 Å². The molecule has 2 fully saturated rings. The van der Waals surface area contributed by atoms with Crippen molar-refractivity contribution in [2.45, 2.75) is 31.6 Å². The number of carbonyl (C=O) groups excluding carboxylic acids is 1. The molecule has 2 aromatic heterocycles. The average Bonchev–Trinajstić information content (AvgIpc) is 3.32. The summed E-state index contributed by atoms with van der Waals surface area (Å²) >= 11 is 0. The maximum Gasteiger partial charge on any atom is 0.272 e. The highest BCUT2D eigenvalue weighted by Gasteiger charge is 2.44. The Morgan fingerprint density at radius 3 is 3.12 bits per heavy atom. The van der Waals surface area contributed by atoms with Crippen LogP contribution in [0.1, 0.15) is 28.9 Å². The van der Waals surface area contributed by atoms with E-state index in [1.807, 2.05) is 23.2 Å². The Balaban J connectivity index is 1.35. The summed E-state index contributed by atoms with van der Waals surface area (Å²) in [6, 6.07) is 4.04. The van der Waals surface area contributed by atoms with Crippen LogP contribution < -0.4 is 0 Å². The first-order chi connectivity index (χ1) is 12.3. The van der Waals surface area contributed by atoms with E-state index in [1.54, 1.807) is 12.4 Å². The highest BCUT2D eigenvalue weighted by Crippen LogP contribution is 2.35. The Kier molecular flexibility index (Phi) is 4.76. The van der Waals surface area contributed by atoms with Gasteiger partial charge in [-0.2, -0.15) is 0 Å². The number of carbonyl (C=O) groups is 1. The van der Waals surface area contributed by atoms with Crippen molar-refractivity contribution in [1.82, 2.24) is 19.9 Å². The number of fused-ring (bicyclic) bond motifs is 1. The molecule has 0 unspecified atom stereocenters. The van der Waals surface area contributed by atoms with Crippen LogP contribution in [0.2, 0.25) is 0 Å². The molecule has 0 bridgehead atoms. The maximum absolute atomic E-state index is 12.7. The summed E-state index contributed by atoms with van der Waals surface area (Å²) in [5.41, 5.74) is 1.61. The summed E-state index contributed by atoms with van der Waals surface area (Å²) < 4.78 is 11.9. The third-order valence-corrected chi connectivity index (χ3v) is 5.03. The Bertz CT molecular complexity index is 692. The van der Waals surface area contributed by atoms with E-state index in [0.717, 1.165) is 18.4 Å². The van der Waals surface area contributed by atoms with E-state index in [-0.39, 0.29) is 18.1 Å². The topological polar surface area (TPSA) is 80.3 Å². The highest BCUT2D eigenvalue weighted by atomic mass is 16.5. The van der Waals surface area contributed by atoms with Gasteiger partial charge in [0.1, 0.15) is 5.69 Å². The molecule has 25 heavy (non-hydrogen) atoms. The number of amides is 1. The molecule has 1 aliphatic heterocycles. The molecule has 1 N–H and O–H groups in total. The molecule has 1 saturated carbocycles. The van der Waals surface area contributed by atoms with Crippen LogP contribution in [0, 0.1) is 5.92 Å². The van der Waals surface area contributed by atoms with Gasteiger partial charge in [-0.15, -0.1) is 0 Å². The van der Waals surface area contributed by atoms with Gasteiger partial charge in [-0.25, -0.2) is 4.98 Å². The van der Waals surface area contributed by atoms with Gasteiger partial charge >= 0.3 is 0 Å². The smallest absolute Gasteiger partial charge is 0.272 e. The molecule has 7 heteroatoms. The van der Waals surface area contributed by atoms with Crippen molar-refractivity contribution in [2.75, 3.05) is 19.8 Å². The lowest BCUT2D eigenvalue weighted by Crippen LogP contribution is -2.53. The molecule has 4 rings (SSSR count). The fraction of sp³-hybridized carbons (Fsp3) is 0.500. The number of imidazole rings is 1. The van der Waals surface area contributed by atoms with Gasteiger partial charge in [-0.1, -0.05) is 6.07 Å². The van der Waals surface area contributed by atoms with Crippen molar-refractivity contribution < 1.29 is 14.3 Å². The second-order valence-corrected chi connectivity index (χ2v) is 6.58. The first-order valence-electron chi connectivity index (χ1n) is 8.70. The number of hydrogen-bond acceptors (Lipinski definition) is 5. The van der Waals surface area contributed by atoms with E-state index in [1.165, 1.54) is 6.33 Å². The fourth-order valence-corrected chi connectivity index (χ4v) is 3.83. The summed E-state index contributed by atoms with van der Waals surface area (Å²) in [5.74, 6) is 0.326. The molecule has 1 aliphatic carbocycles. The summed E-state index contributed by atoms with van der Waals surface area (Å²) in [7, 11) is 0. The van der Waals surface area contributed by atoms with Crippen molar-refractivity contribution in [3.63, 3.8) is 0 Å². The minimum Gasteiger partial charge on any atom is -0.376 e. The third kappa shape index (κ3) is 3.43. The monoisotopic (exact) mass is 342 g/mol. The van der Waals surface area contributed by atoms with Crippen LogP contribution in [0.5, 0.6) is 0 Å². The molecule has 0 aromatic carbocycles. The number of hydrogen-bond donors (Lipinski definition) is 1. The van der Waals surface area contributed by atoms with Crippen LogP contribution >= 0.6 is 0 Å². The predicted octanol–water partition coefficient (Wildman–Crippen LogP) is 1.64. The molecule has 7 nitrogen and oxygen atoms in total. The minimum absolute atomic E-state index is 0.00716. The van der Waals surface area contributed by atoms with Crippen molar-refractivity contribution in [3.05, 3.63) is 48.3 Å². The van der Waals surface area contributed by atoms with Crippen LogP contribution in [0.4, 0.5) is 0 Å². The van der Waals surface area contributed by atoms with Crippen molar-refractivity contribution >= 4 is 5.91 Å². The molecule has 1 saturated heterocycles. The molecular weight excluding hydrogens is 320 g/mol. The van der Waals surface area contributed by atoms with Gasteiger partial charge in [-0.05, 0) is 24.5 Å². The molecular formula is C18H22N4O3. The van der Waals surface area contributed by atoms with E-state index in [2.05, 4.69) is 15.0 Å². The lowest BCUT2D eigenvalue weighted by atomic mass is 10.0. The van der Waals surface area contributed by atoms with Gasteiger partial charge in [0, 0.05) is 24.9 Å². The average molecular weight is 342 g/mol. The van der Waals surface area contributed by atoms with Crippen molar-refractivity contribution in [1.29, 1.82) is 0 Å². The first kappa shape index (κ1) is 16.2. The molecule has 132 valence electrons. The van der Waals surface area contributed by atoms with E-state index < -0.39 is 0 Å². The zero-order valence-electron chi connectivity index (χ0n) is 14.0. The lowest BCUT2D eigenvalue weighted by Gasteiger charge is -2.39. The molecule has 0 spiro atoms. The summed E-state index contributed by atoms with van der Waals surface area (Å²) in [6.45, 7) is 2.39. The van der Waals surface area contributed by atoms with Crippen LogP contribution in [0.3, 0.4) is 0 Å². The SMILES string of the molecule is O=C(c1cnc[nH]1)N1CCO[C@@H]2[C@H](COCc3cccnc3)CC[C@@H]21. The predicted molar refractivity (Wildman–Crippen MR) is 89.8 cm³/mol. The number of nitrogens with zero attached hydrogens (tertiary/aromatic N) is 3. The van der Waals surface area contributed by atoms with Crippen LogP contribution in [0.15, 0.2) is 37.1 Å². The van der Waals surface area contributed by atoms with E-state index >= 15 is 0 Å². The van der Waals surface area contributed by atoms with Crippen molar-refractivity contribution in [2.24, 2.45) is 5.92 Å². The number of rotatable bonds is 5. The van der Waals surface area contributed by atoms with Gasteiger partial charge in [0.05, 0.1) is 44.5 Å². The number of aromatic amines is 1. The molecule has 0 radical (unpaired) electrons. The Morgan fingerprint density at radius 2 is 2.32 bits per heavy atom. The van der Waals surface area contributed by atoms with E-state index in [0.29, 0.717) is 38.0 Å². The molecule has 3 heterocycles. The van der Waals surface area contributed by atoms with E-state index in [4.69, 9.17) is 9.47 Å². The number of ether oxygens (including phenoxy) is 2. The number of morpholine rings is 1. The van der Waals surface area contributed by atoms with Gasteiger partial charge in [-0.3, -0.25) is 9.78 Å². The maximum atomic E-state index is 12.7. The Morgan fingerprint density at radius 1 is 1.36 bits per heavy atom. The minimum atomic E-state index is 0.00716. The summed E-state index contributed by atoms with van der Waals surface area (Å²) in [6.07, 6.45) is 8.70. The normalized spacial score (nSPS) is 25.8. The van der Waals surface area contributed by atoms with Crippen LogP contribution in [-0.4, -0.2) is 57.7 Å². The van der Waals surface area contributed by atoms with E-state index in [9.17, 15) is 4.79 Å². The zero-order chi connectivity index (χ0) is 17.1. The number of aromatic nitrogens is 3. The fourth-order valence-electron chi connectivity index (χ4n) is 3.83. The molecule has 3 atom stereocenters. The molecule has 2 aliphatic rings. The van der Waals surface area contributed by atoms with Crippen LogP contribution in [0.25, 0.3) is 0 Å². The van der Waals surface area contributed by atoms with Gasteiger partial charge in [0.2, 0.25) is 0 Å². The summed E-state index contributed by atoms with van der Waals surface area (Å²) in [4.78, 5) is 25.6. The summed E-state index contributed by atoms with van der Waals surface area (Å²) in [5, 5.41) is 0. The molecule has 2 aromatic rings. The van der Waals surface area contributed by atoms with Crippen LogP contribution in [-0.2, 0) is 16.1 Å². The van der Waals surface area contributed by atoms with Gasteiger partial charge in [0.25, 0.3) is 5.91 Å². The highest BCUT2D eigenvalue weighted by molar-refractivity contribution is 5.92. The third-order valence-electron chi connectivity index (χ3n) is 5.03. The number of pyridine rings is 1. The Hall–Kier alpha value is -2.25. The number of nitrogens with one attached hydrogen (secondary N) is 1. The zero-order valence-corrected chi connectivity index (χ0v) is 14.0. The second kappa shape index (κ2) is 7.33. The Labute approximate surface area is 146 Å². The number of H-pyrrole nitrogens is 1. The van der Waals surface area contributed by atoms with Crippen molar-refractivity contribution in [3.8, 4) is 0 Å². The largest absolute Gasteiger partial charge is 0.376 e. The lowest BCUT2D eigenvalue weighted by molar-refractivity contribution is -0.0766. The second-order valence-electron chi connectivity index (χ2n) is 6.58.